The highest BCUT2D eigenvalue weighted by Gasteiger charge is 2.36. The van der Waals surface area contributed by atoms with Crippen LogP contribution in [-0.2, 0) is 6.18 Å². The molecule has 1 atom stereocenters. The van der Waals surface area contributed by atoms with Crippen molar-refractivity contribution in [2.24, 2.45) is 0 Å². The summed E-state index contributed by atoms with van der Waals surface area (Å²) in [5, 5.41) is 16.6. The lowest BCUT2D eigenvalue weighted by atomic mass is 9.93. The van der Waals surface area contributed by atoms with Crippen LogP contribution < -0.4 is 10.6 Å². The predicted octanol–water partition coefficient (Wildman–Crippen LogP) is 5.83. The second kappa shape index (κ2) is 9.63. The van der Waals surface area contributed by atoms with E-state index in [-0.39, 0.29) is 33.5 Å². The Labute approximate surface area is 231 Å². The molecule has 3 aromatic carbocycles. The smallest absolute Gasteiger partial charge is 0.341 e. The number of benzene rings is 3. The number of carbonyl (C=O) groups excluding carboxylic acids is 2. The first kappa shape index (κ1) is 26.3. The van der Waals surface area contributed by atoms with E-state index in [4.69, 9.17) is 11.6 Å². The maximum absolute atomic E-state index is 14.2. The lowest BCUT2D eigenvalue weighted by Crippen LogP contribution is -2.21. The molecule has 0 aliphatic carbocycles. The number of aromatic nitrogens is 4. The van der Waals surface area contributed by atoms with Gasteiger partial charge in [-0.2, -0.15) is 13.2 Å². The predicted molar refractivity (Wildman–Crippen MR) is 136 cm³/mol. The highest BCUT2D eigenvalue weighted by atomic mass is 35.5. The van der Waals surface area contributed by atoms with Crippen molar-refractivity contribution in [3.05, 3.63) is 111 Å². The molecule has 2 amide bonds. The van der Waals surface area contributed by atoms with Gasteiger partial charge >= 0.3 is 6.18 Å². The molecule has 41 heavy (non-hydrogen) atoms. The van der Waals surface area contributed by atoms with E-state index in [9.17, 15) is 31.5 Å². The average Bonchev–Trinajstić information content (AvgIpc) is 3.53. The number of rotatable bonds is 4. The third-order valence-electron chi connectivity index (χ3n) is 6.52. The summed E-state index contributed by atoms with van der Waals surface area (Å²) < 4.78 is 69.5. The van der Waals surface area contributed by atoms with Gasteiger partial charge in [-0.05, 0) is 76.7 Å². The van der Waals surface area contributed by atoms with Crippen LogP contribution >= 0.6 is 11.6 Å². The van der Waals surface area contributed by atoms with Crippen LogP contribution in [0.25, 0.3) is 16.8 Å². The van der Waals surface area contributed by atoms with Crippen molar-refractivity contribution in [1.82, 2.24) is 25.4 Å². The Bertz CT molecular complexity index is 1890. The van der Waals surface area contributed by atoms with Gasteiger partial charge < -0.3 is 10.6 Å². The molecule has 1 aliphatic rings. The van der Waals surface area contributed by atoms with Gasteiger partial charge in [0.1, 0.15) is 11.6 Å². The molecule has 0 spiro atoms. The zero-order valence-corrected chi connectivity index (χ0v) is 21.1. The SMILES string of the molecule is O=C(Nc1cc(-c2ccc3nnnn3c2)cc2c1[C@@H](c1cc(F)ccc1Cl)NC2=O)c1cc(F)cc(C(F)(F)F)c1. The summed E-state index contributed by atoms with van der Waals surface area (Å²) in [6, 6.07) is 10.3. The number of pyridine rings is 1. The van der Waals surface area contributed by atoms with E-state index < -0.39 is 46.8 Å². The van der Waals surface area contributed by atoms with E-state index in [1.54, 1.807) is 18.3 Å². The highest BCUT2D eigenvalue weighted by Crippen LogP contribution is 2.42. The Balaban J connectivity index is 1.51. The third-order valence-corrected chi connectivity index (χ3v) is 6.86. The van der Waals surface area contributed by atoms with E-state index >= 15 is 0 Å². The summed E-state index contributed by atoms with van der Waals surface area (Å²) in [7, 11) is 0. The molecule has 0 bridgehead atoms. The number of tetrazole rings is 1. The minimum absolute atomic E-state index is 0.000750. The summed E-state index contributed by atoms with van der Waals surface area (Å²) >= 11 is 6.32. The number of nitrogens with zero attached hydrogens (tertiary/aromatic N) is 4. The zero-order valence-electron chi connectivity index (χ0n) is 20.3. The lowest BCUT2D eigenvalue weighted by Gasteiger charge is -2.19. The average molecular weight is 585 g/mol. The van der Waals surface area contributed by atoms with Crippen LogP contribution in [0, 0.1) is 11.6 Å². The molecule has 2 aromatic heterocycles. The number of hydrogen-bond acceptors (Lipinski definition) is 5. The number of alkyl halides is 3. The van der Waals surface area contributed by atoms with Gasteiger partial charge in [0.2, 0.25) is 0 Å². The molecule has 5 aromatic rings. The first-order valence-electron chi connectivity index (χ1n) is 11.8. The van der Waals surface area contributed by atoms with Gasteiger partial charge in [0.25, 0.3) is 11.8 Å². The maximum atomic E-state index is 14.2. The topological polar surface area (TPSA) is 101 Å². The van der Waals surface area contributed by atoms with Gasteiger partial charge in [0.05, 0.1) is 11.6 Å². The summed E-state index contributed by atoms with van der Waals surface area (Å²) in [5.74, 6) is -3.55. The van der Waals surface area contributed by atoms with Crippen LogP contribution in [0.1, 0.15) is 43.4 Å². The molecule has 14 heteroatoms. The van der Waals surface area contributed by atoms with E-state index in [2.05, 4.69) is 26.2 Å². The molecule has 0 saturated carbocycles. The summed E-state index contributed by atoms with van der Waals surface area (Å²) in [5.41, 5.74) is -0.120. The van der Waals surface area contributed by atoms with Crippen LogP contribution in [0.4, 0.5) is 27.6 Å². The first-order valence-corrected chi connectivity index (χ1v) is 12.2. The molecule has 206 valence electrons. The number of amides is 2. The van der Waals surface area contributed by atoms with Crippen LogP contribution in [0.2, 0.25) is 5.02 Å². The van der Waals surface area contributed by atoms with Crippen molar-refractivity contribution in [1.29, 1.82) is 0 Å². The van der Waals surface area contributed by atoms with Gasteiger partial charge in [-0.15, -0.1) is 5.10 Å². The Kier molecular flexibility index (Phi) is 6.18. The van der Waals surface area contributed by atoms with Crippen molar-refractivity contribution in [2.45, 2.75) is 12.2 Å². The number of fused-ring (bicyclic) bond motifs is 2. The maximum Gasteiger partial charge on any atom is 0.416 e. The minimum atomic E-state index is -4.90. The number of carbonyl (C=O) groups is 2. The standard InChI is InChI=1S/C27H14ClF5N6O2/c28-20-3-2-16(29)10-18(20)24-23-19(26(41)35-24)7-13(12-1-4-22-36-37-38-39(22)11-12)8-21(23)34-25(40)14-5-15(27(31,32)33)9-17(30)6-14/h1-11,24H,(H,34,40)(H,35,41)/t24-/m1/s1. The number of anilines is 1. The van der Waals surface area contributed by atoms with Crippen molar-refractivity contribution >= 4 is 34.7 Å². The highest BCUT2D eigenvalue weighted by molar-refractivity contribution is 6.31. The molecule has 0 fully saturated rings. The second-order valence-electron chi connectivity index (χ2n) is 9.14. The van der Waals surface area contributed by atoms with E-state index in [1.807, 2.05) is 0 Å². The minimum Gasteiger partial charge on any atom is -0.341 e. The Morgan fingerprint density at radius 2 is 1.78 bits per heavy atom. The Hall–Kier alpha value is -4.91. The molecular weight excluding hydrogens is 571 g/mol. The number of nitrogens with one attached hydrogen (secondary N) is 2. The molecule has 0 radical (unpaired) electrons. The van der Waals surface area contributed by atoms with Gasteiger partial charge in [-0.3, -0.25) is 9.59 Å². The van der Waals surface area contributed by atoms with Gasteiger partial charge in [-0.1, -0.05) is 11.6 Å². The lowest BCUT2D eigenvalue weighted by molar-refractivity contribution is -0.137. The molecular formula is C27H14ClF5N6O2. The molecule has 3 heterocycles. The quantitative estimate of drug-likeness (QED) is 0.259. The van der Waals surface area contributed by atoms with Crippen LogP contribution in [0.3, 0.4) is 0 Å². The first-order chi connectivity index (χ1) is 19.5. The largest absolute Gasteiger partial charge is 0.416 e. The fourth-order valence-corrected chi connectivity index (χ4v) is 4.89. The van der Waals surface area contributed by atoms with Crippen molar-refractivity contribution in [3.8, 4) is 11.1 Å². The monoisotopic (exact) mass is 584 g/mol. The van der Waals surface area contributed by atoms with Crippen molar-refractivity contribution < 1.29 is 31.5 Å². The van der Waals surface area contributed by atoms with E-state index in [0.717, 1.165) is 12.1 Å². The van der Waals surface area contributed by atoms with Crippen LogP contribution in [0.15, 0.2) is 66.9 Å². The number of hydrogen-bond donors (Lipinski definition) is 2. The fourth-order valence-electron chi connectivity index (χ4n) is 4.66. The van der Waals surface area contributed by atoms with Gasteiger partial charge in [-0.25, -0.2) is 13.3 Å². The second-order valence-corrected chi connectivity index (χ2v) is 9.54. The molecule has 2 N–H and O–H groups in total. The molecule has 6 rings (SSSR count). The van der Waals surface area contributed by atoms with Crippen LogP contribution in [-0.4, -0.2) is 31.9 Å². The van der Waals surface area contributed by atoms with Crippen LogP contribution in [0.5, 0.6) is 0 Å². The zero-order chi connectivity index (χ0) is 29.1. The Morgan fingerprint density at radius 1 is 0.976 bits per heavy atom. The summed E-state index contributed by atoms with van der Waals surface area (Å²) in [6.45, 7) is 0. The van der Waals surface area contributed by atoms with E-state index in [1.165, 1.54) is 22.7 Å². The molecule has 0 unspecified atom stereocenters. The van der Waals surface area contributed by atoms with Crippen molar-refractivity contribution in [3.63, 3.8) is 0 Å². The normalized spacial score (nSPS) is 14.7. The third kappa shape index (κ3) is 4.84. The summed E-state index contributed by atoms with van der Waals surface area (Å²) in [4.78, 5) is 26.3. The summed E-state index contributed by atoms with van der Waals surface area (Å²) in [6.07, 6.45) is -3.33. The van der Waals surface area contributed by atoms with Gasteiger partial charge in [0, 0.05) is 44.7 Å². The van der Waals surface area contributed by atoms with Gasteiger partial charge in [0.15, 0.2) is 5.65 Å². The molecule has 8 nitrogen and oxygen atoms in total. The Morgan fingerprint density at radius 3 is 2.56 bits per heavy atom. The molecule has 1 aliphatic heterocycles. The molecule has 0 saturated heterocycles. The number of halogens is 6. The van der Waals surface area contributed by atoms with E-state index in [0.29, 0.717) is 28.9 Å². The fraction of sp³-hybridized carbons (Fsp3) is 0.0741. The van der Waals surface area contributed by atoms with Crippen molar-refractivity contribution in [2.75, 3.05) is 5.32 Å².